The molecular weight excluding hydrogens is 220 g/mol. The molecule has 2 N–H and O–H groups in total. The minimum atomic E-state index is 0.688. The fraction of sp³-hybridized carbons (Fsp3) is 0.625. The van der Waals surface area contributed by atoms with Gasteiger partial charge >= 0.3 is 0 Å². The fourth-order valence-electron chi connectivity index (χ4n) is 3.14. The maximum atomic E-state index is 5.91. The number of aryl methyl sites for hydroxylation is 1. The molecule has 0 aliphatic heterocycles. The number of benzene rings is 1. The van der Waals surface area contributed by atoms with Gasteiger partial charge in [-0.3, -0.25) is 0 Å². The third kappa shape index (κ3) is 2.80. The van der Waals surface area contributed by atoms with Gasteiger partial charge in [0.2, 0.25) is 0 Å². The summed E-state index contributed by atoms with van der Waals surface area (Å²) in [6, 6.07) is 6.91. The van der Waals surface area contributed by atoms with Crippen LogP contribution in [-0.4, -0.2) is 13.1 Å². The molecule has 2 rings (SSSR count). The molecule has 2 nitrogen and oxygen atoms in total. The monoisotopic (exact) mass is 246 g/mol. The van der Waals surface area contributed by atoms with Gasteiger partial charge in [-0.25, -0.2) is 0 Å². The molecule has 0 atom stereocenters. The number of hydrogen-bond acceptors (Lipinski definition) is 2. The fourth-order valence-corrected chi connectivity index (χ4v) is 3.14. The molecule has 1 aliphatic rings. The van der Waals surface area contributed by atoms with Crippen molar-refractivity contribution in [3.63, 3.8) is 0 Å². The van der Waals surface area contributed by atoms with Gasteiger partial charge in [0.15, 0.2) is 0 Å². The van der Waals surface area contributed by atoms with Crippen LogP contribution in [0.4, 0.5) is 11.4 Å². The predicted molar refractivity (Wildman–Crippen MR) is 80.0 cm³/mol. The standard InChI is InChI=1S/C16H26N2/c1-4-13-6-9-15(10-7-13)18(3)16-11-14(17)8-5-12(16)2/h5,8,11,13,15H,4,6-7,9-10,17H2,1-3H3. The first-order chi connectivity index (χ1) is 8.61. The van der Waals surface area contributed by atoms with Crippen molar-refractivity contribution in [2.45, 2.75) is 52.0 Å². The summed E-state index contributed by atoms with van der Waals surface area (Å²) in [6.07, 6.45) is 6.75. The predicted octanol–water partition coefficient (Wildman–Crippen LogP) is 3.98. The normalized spacial score (nSPS) is 23.9. The molecule has 1 aliphatic carbocycles. The van der Waals surface area contributed by atoms with E-state index in [0.717, 1.165) is 11.6 Å². The molecule has 0 saturated heterocycles. The summed E-state index contributed by atoms with van der Waals surface area (Å²) >= 11 is 0. The Morgan fingerprint density at radius 1 is 1.22 bits per heavy atom. The second-order valence-electron chi connectivity index (χ2n) is 5.74. The minimum Gasteiger partial charge on any atom is -0.399 e. The molecule has 1 aromatic rings. The van der Waals surface area contributed by atoms with Crippen LogP contribution < -0.4 is 10.6 Å². The summed E-state index contributed by atoms with van der Waals surface area (Å²) in [5.74, 6) is 0.955. The van der Waals surface area contributed by atoms with Crippen molar-refractivity contribution in [2.75, 3.05) is 17.7 Å². The third-order valence-electron chi connectivity index (χ3n) is 4.55. The molecule has 18 heavy (non-hydrogen) atoms. The van der Waals surface area contributed by atoms with Gasteiger partial charge in [0.25, 0.3) is 0 Å². The Hall–Kier alpha value is -1.18. The Morgan fingerprint density at radius 2 is 1.89 bits per heavy atom. The Balaban J connectivity index is 2.07. The molecule has 1 fully saturated rings. The molecular formula is C16H26N2. The molecule has 0 amide bonds. The van der Waals surface area contributed by atoms with E-state index in [9.17, 15) is 0 Å². The van der Waals surface area contributed by atoms with Gasteiger partial charge in [-0.2, -0.15) is 0 Å². The van der Waals surface area contributed by atoms with Crippen molar-refractivity contribution >= 4 is 11.4 Å². The van der Waals surface area contributed by atoms with Gasteiger partial charge < -0.3 is 10.6 Å². The second-order valence-corrected chi connectivity index (χ2v) is 5.74. The van der Waals surface area contributed by atoms with E-state index >= 15 is 0 Å². The number of hydrogen-bond donors (Lipinski definition) is 1. The van der Waals surface area contributed by atoms with E-state index in [1.54, 1.807) is 0 Å². The summed E-state index contributed by atoms with van der Waals surface area (Å²) in [7, 11) is 2.22. The van der Waals surface area contributed by atoms with E-state index in [1.165, 1.54) is 43.4 Å². The lowest BCUT2D eigenvalue weighted by molar-refractivity contribution is 0.313. The van der Waals surface area contributed by atoms with Crippen LogP contribution in [0.2, 0.25) is 0 Å². The SMILES string of the molecule is CCC1CCC(N(C)c2cc(N)ccc2C)CC1. The maximum absolute atomic E-state index is 5.91. The van der Waals surface area contributed by atoms with Crippen LogP contribution in [-0.2, 0) is 0 Å². The summed E-state index contributed by atoms with van der Waals surface area (Å²) in [5.41, 5.74) is 9.40. The van der Waals surface area contributed by atoms with Crippen LogP contribution in [0.25, 0.3) is 0 Å². The highest BCUT2D eigenvalue weighted by molar-refractivity contribution is 5.61. The van der Waals surface area contributed by atoms with E-state index in [1.807, 2.05) is 6.07 Å². The topological polar surface area (TPSA) is 29.3 Å². The quantitative estimate of drug-likeness (QED) is 0.817. The zero-order chi connectivity index (χ0) is 13.1. The number of rotatable bonds is 3. The van der Waals surface area contributed by atoms with Gasteiger partial charge in [0.05, 0.1) is 0 Å². The van der Waals surface area contributed by atoms with Crippen LogP contribution in [0.15, 0.2) is 18.2 Å². The van der Waals surface area contributed by atoms with Crippen LogP contribution in [0.1, 0.15) is 44.6 Å². The van der Waals surface area contributed by atoms with Crippen molar-refractivity contribution in [3.05, 3.63) is 23.8 Å². The van der Waals surface area contributed by atoms with E-state index in [2.05, 4.69) is 37.9 Å². The van der Waals surface area contributed by atoms with Crippen molar-refractivity contribution in [3.8, 4) is 0 Å². The Kier molecular flexibility index (Phi) is 4.15. The molecule has 100 valence electrons. The summed E-state index contributed by atoms with van der Waals surface area (Å²) in [4.78, 5) is 2.44. The molecule has 1 saturated carbocycles. The van der Waals surface area contributed by atoms with Crippen molar-refractivity contribution < 1.29 is 0 Å². The average molecular weight is 246 g/mol. The summed E-state index contributed by atoms with van der Waals surface area (Å²) < 4.78 is 0. The largest absolute Gasteiger partial charge is 0.399 e. The zero-order valence-corrected chi connectivity index (χ0v) is 11.9. The van der Waals surface area contributed by atoms with Gasteiger partial charge in [-0.05, 0) is 56.2 Å². The van der Waals surface area contributed by atoms with E-state index in [4.69, 9.17) is 5.73 Å². The molecule has 1 aromatic carbocycles. The third-order valence-corrected chi connectivity index (χ3v) is 4.55. The lowest BCUT2D eigenvalue weighted by atomic mass is 9.84. The highest BCUT2D eigenvalue weighted by atomic mass is 15.1. The van der Waals surface area contributed by atoms with E-state index in [-0.39, 0.29) is 0 Å². The van der Waals surface area contributed by atoms with Gasteiger partial charge in [-0.15, -0.1) is 0 Å². The first-order valence-electron chi connectivity index (χ1n) is 7.20. The van der Waals surface area contributed by atoms with E-state index < -0.39 is 0 Å². The Morgan fingerprint density at radius 3 is 2.50 bits per heavy atom. The van der Waals surface area contributed by atoms with Crippen molar-refractivity contribution in [2.24, 2.45) is 5.92 Å². The van der Waals surface area contributed by atoms with Crippen LogP contribution in [0, 0.1) is 12.8 Å². The minimum absolute atomic E-state index is 0.688. The van der Waals surface area contributed by atoms with Gasteiger partial charge in [0, 0.05) is 24.5 Å². The smallest absolute Gasteiger partial charge is 0.0416 e. The number of nitrogen functional groups attached to an aromatic ring is 1. The second kappa shape index (κ2) is 5.64. The highest BCUT2D eigenvalue weighted by Crippen LogP contribution is 2.32. The maximum Gasteiger partial charge on any atom is 0.0416 e. The van der Waals surface area contributed by atoms with Crippen LogP contribution >= 0.6 is 0 Å². The Bertz CT molecular complexity index is 392. The van der Waals surface area contributed by atoms with Crippen molar-refractivity contribution in [1.82, 2.24) is 0 Å². The zero-order valence-electron chi connectivity index (χ0n) is 11.9. The lowest BCUT2D eigenvalue weighted by Crippen LogP contribution is -2.35. The molecule has 0 bridgehead atoms. The van der Waals surface area contributed by atoms with Gasteiger partial charge in [0.1, 0.15) is 0 Å². The van der Waals surface area contributed by atoms with E-state index in [0.29, 0.717) is 6.04 Å². The molecule has 0 heterocycles. The molecule has 0 unspecified atom stereocenters. The molecule has 0 spiro atoms. The summed E-state index contributed by atoms with van der Waals surface area (Å²) in [6.45, 7) is 4.49. The highest BCUT2D eigenvalue weighted by Gasteiger charge is 2.23. The first-order valence-corrected chi connectivity index (χ1v) is 7.20. The Labute approximate surface area is 111 Å². The lowest BCUT2D eigenvalue weighted by Gasteiger charge is -2.36. The molecule has 0 aromatic heterocycles. The number of anilines is 2. The van der Waals surface area contributed by atoms with Gasteiger partial charge in [-0.1, -0.05) is 19.4 Å². The molecule has 2 heteroatoms. The van der Waals surface area contributed by atoms with Crippen molar-refractivity contribution in [1.29, 1.82) is 0 Å². The molecule has 0 radical (unpaired) electrons. The first kappa shape index (κ1) is 13.3. The van der Waals surface area contributed by atoms with Crippen LogP contribution in [0.5, 0.6) is 0 Å². The number of nitrogens with zero attached hydrogens (tertiary/aromatic N) is 1. The average Bonchev–Trinajstić information content (AvgIpc) is 2.41. The number of nitrogens with two attached hydrogens (primary N) is 1. The van der Waals surface area contributed by atoms with Crippen LogP contribution in [0.3, 0.4) is 0 Å². The summed E-state index contributed by atoms with van der Waals surface area (Å²) in [5, 5.41) is 0.